The summed E-state index contributed by atoms with van der Waals surface area (Å²) in [6, 6.07) is 19.4. The van der Waals surface area contributed by atoms with Crippen LogP contribution >= 0.6 is 11.6 Å². The Balaban J connectivity index is 0.996. The number of rotatable bonds is 5. The number of carbonyl (C=O) groups is 1. The number of aromatic nitrogens is 3. The number of carbonyl (C=O) groups excluding carboxylic acids is 1. The highest BCUT2D eigenvalue weighted by atomic mass is 35.5. The van der Waals surface area contributed by atoms with E-state index >= 15 is 0 Å². The molecule has 0 atom stereocenters. The van der Waals surface area contributed by atoms with Crippen LogP contribution in [0.2, 0.25) is 5.02 Å². The molecular formula is C33H37ClN6O3. The number of pyridine rings is 1. The van der Waals surface area contributed by atoms with Crippen molar-refractivity contribution in [1.29, 1.82) is 0 Å². The van der Waals surface area contributed by atoms with E-state index in [0.29, 0.717) is 56.0 Å². The number of nitrogens with zero attached hydrogens (tertiary/aromatic N) is 5. The number of nitrogens with one attached hydrogen (secondary N) is 1. The van der Waals surface area contributed by atoms with Crippen LogP contribution < -0.4 is 10.2 Å². The van der Waals surface area contributed by atoms with Crippen LogP contribution in [0.3, 0.4) is 0 Å². The molecule has 4 aromatic rings. The molecule has 43 heavy (non-hydrogen) atoms. The molecule has 7 rings (SSSR count). The van der Waals surface area contributed by atoms with Crippen molar-refractivity contribution >= 4 is 28.8 Å². The minimum Gasteiger partial charge on any atom is -0.385 e. The summed E-state index contributed by atoms with van der Waals surface area (Å²) < 4.78 is 7.90. The van der Waals surface area contributed by atoms with E-state index in [-0.39, 0.29) is 11.5 Å². The summed E-state index contributed by atoms with van der Waals surface area (Å²) in [5.74, 6) is 0.800. The van der Waals surface area contributed by atoms with Crippen LogP contribution in [0, 0.1) is 0 Å². The molecule has 224 valence electrons. The Morgan fingerprint density at radius 2 is 1.72 bits per heavy atom. The van der Waals surface area contributed by atoms with E-state index in [1.807, 2.05) is 70.2 Å². The second-order valence-corrected chi connectivity index (χ2v) is 12.5. The van der Waals surface area contributed by atoms with Crippen LogP contribution in [-0.2, 0) is 16.8 Å². The van der Waals surface area contributed by atoms with Crippen molar-refractivity contribution in [3.05, 3.63) is 94.4 Å². The first-order valence-corrected chi connectivity index (χ1v) is 15.6. The fourth-order valence-corrected chi connectivity index (χ4v) is 6.83. The Labute approximate surface area is 256 Å². The number of hydrogen-bond acceptors (Lipinski definition) is 7. The molecule has 2 aromatic heterocycles. The van der Waals surface area contributed by atoms with Gasteiger partial charge in [-0.15, -0.1) is 0 Å². The fourth-order valence-electron chi connectivity index (χ4n) is 6.70. The lowest BCUT2D eigenvalue weighted by Crippen LogP contribution is -2.56. The van der Waals surface area contributed by atoms with Gasteiger partial charge < -0.3 is 25.0 Å². The third-order valence-electron chi connectivity index (χ3n) is 9.36. The molecule has 0 saturated carbocycles. The summed E-state index contributed by atoms with van der Waals surface area (Å²) in [4.78, 5) is 22.3. The Bertz CT molecular complexity index is 1580. The summed E-state index contributed by atoms with van der Waals surface area (Å²) in [6.45, 7) is 5.36. The maximum Gasteiger partial charge on any atom is 0.253 e. The minimum absolute atomic E-state index is 0.0742. The van der Waals surface area contributed by atoms with Gasteiger partial charge in [-0.3, -0.25) is 4.79 Å². The van der Waals surface area contributed by atoms with E-state index in [0.717, 1.165) is 60.8 Å². The molecule has 1 amide bonds. The first-order chi connectivity index (χ1) is 20.9. The lowest BCUT2D eigenvalue weighted by atomic mass is 9.84. The first kappa shape index (κ1) is 28.3. The lowest BCUT2D eigenvalue weighted by molar-refractivity contribution is -0.0954. The lowest BCUT2D eigenvalue weighted by Gasteiger charge is -2.44. The van der Waals surface area contributed by atoms with Gasteiger partial charge in [-0.2, -0.15) is 5.10 Å². The second-order valence-electron chi connectivity index (χ2n) is 12.1. The van der Waals surface area contributed by atoms with Crippen LogP contribution in [0.1, 0.15) is 53.0 Å². The number of likely N-dealkylation sites (tertiary alicyclic amines) is 1. The number of aliphatic hydroxyl groups is 1. The standard InChI is InChI=1S/C33H37ClN6O3/c34-27-9-7-26(8-10-27)33(42)13-19-38(20-14-33)28-2-1-16-40-30(28)36-29(37-40)22-24-3-5-25(6-4-24)31(41)39-17-11-32(12-18-39)23-35-15-21-43-32/h1-10,16,35,42H,11-15,17-23H2. The van der Waals surface area contributed by atoms with Gasteiger partial charge in [0.1, 0.15) is 0 Å². The first-order valence-electron chi connectivity index (χ1n) is 15.2. The predicted molar refractivity (Wildman–Crippen MR) is 166 cm³/mol. The monoisotopic (exact) mass is 600 g/mol. The van der Waals surface area contributed by atoms with Crippen molar-refractivity contribution in [3.8, 4) is 0 Å². The largest absolute Gasteiger partial charge is 0.385 e. The third-order valence-corrected chi connectivity index (χ3v) is 9.61. The molecule has 0 bridgehead atoms. The number of morpholine rings is 1. The number of ether oxygens (including phenoxy) is 1. The summed E-state index contributed by atoms with van der Waals surface area (Å²) >= 11 is 6.05. The van der Waals surface area contributed by atoms with Gasteiger partial charge in [0, 0.05) is 62.5 Å². The molecule has 10 heteroatoms. The third kappa shape index (κ3) is 5.74. The molecule has 3 fully saturated rings. The van der Waals surface area contributed by atoms with Crippen molar-refractivity contribution in [3.63, 3.8) is 0 Å². The van der Waals surface area contributed by atoms with E-state index in [1.165, 1.54) is 0 Å². The van der Waals surface area contributed by atoms with Crippen LogP contribution in [0.15, 0.2) is 66.9 Å². The van der Waals surface area contributed by atoms with Crippen LogP contribution in [0.5, 0.6) is 0 Å². The van der Waals surface area contributed by atoms with Crippen LogP contribution in [0.25, 0.3) is 5.65 Å². The van der Waals surface area contributed by atoms with Crippen molar-refractivity contribution in [2.24, 2.45) is 0 Å². The van der Waals surface area contributed by atoms with Gasteiger partial charge in [-0.25, -0.2) is 9.50 Å². The maximum absolute atomic E-state index is 13.2. The Hall–Kier alpha value is -3.50. The van der Waals surface area contributed by atoms with Crippen molar-refractivity contribution in [2.45, 2.75) is 43.3 Å². The molecule has 5 heterocycles. The molecule has 1 spiro atoms. The number of benzene rings is 2. The predicted octanol–water partition coefficient (Wildman–Crippen LogP) is 4.06. The van der Waals surface area contributed by atoms with E-state index in [1.54, 1.807) is 0 Å². The van der Waals surface area contributed by atoms with Gasteiger partial charge in [-0.05, 0) is 73.2 Å². The zero-order valence-electron chi connectivity index (χ0n) is 24.2. The van der Waals surface area contributed by atoms with E-state index in [9.17, 15) is 9.90 Å². The molecule has 3 saturated heterocycles. The molecule has 3 aliphatic heterocycles. The molecule has 0 aliphatic carbocycles. The molecular weight excluding hydrogens is 564 g/mol. The van der Waals surface area contributed by atoms with Crippen molar-refractivity contribution in [2.75, 3.05) is 50.8 Å². The summed E-state index contributed by atoms with van der Waals surface area (Å²) in [7, 11) is 0. The Kier molecular flexibility index (Phi) is 7.59. The Morgan fingerprint density at radius 1 is 0.977 bits per heavy atom. The molecule has 2 N–H and O–H groups in total. The minimum atomic E-state index is -0.865. The molecule has 9 nitrogen and oxygen atoms in total. The quantitative estimate of drug-likeness (QED) is 0.357. The molecule has 3 aliphatic rings. The summed E-state index contributed by atoms with van der Waals surface area (Å²) in [5.41, 5.74) is 3.50. The second kappa shape index (κ2) is 11.5. The number of piperidine rings is 2. The van der Waals surface area contributed by atoms with Gasteiger partial charge in [0.15, 0.2) is 11.5 Å². The number of halogens is 1. The van der Waals surface area contributed by atoms with Crippen LogP contribution in [0.4, 0.5) is 5.69 Å². The average molecular weight is 601 g/mol. The highest BCUT2D eigenvalue weighted by Gasteiger charge is 2.38. The van der Waals surface area contributed by atoms with Gasteiger partial charge in [0.05, 0.1) is 23.5 Å². The normalized spacial score (nSPS) is 20.0. The van der Waals surface area contributed by atoms with Crippen molar-refractivity contribution < 1.29 is 14.6 Å². The van der Waals surface area contributed by atoms with Crippen molar-refractivity contribution in [1.82, 2.24) is 24.8 Å². The maximum atomic E-state index is 13.2. The topological polar surface area (TPSA) is 95.2 Å². The molecule has 0 radical (unpaired) electrons. The van der Waals surface area contributed by atoms with Gasteiger partial charge in [0.2, 0.25) is 0 Å². The SMILES string of the molecule is O=C(c1ccc(Cc2nc3c(N4CCC(O)(c5ccc(Cl)cc5)CC4)cccn3n2)cc1)N1CCC2(CC1)CNCCO2. The van der Waals surface area contributed by atoms with Crippen LogP contribution in [-0.4, -0.2) is 82.0 Å². The zero-order chi connectivity index (χ0) is 29.4. The summed E-state index contributed by atoms with van der Waals surface area (Å²) in [5, 5.41) is 20.2. The van der Waals surface area contributed by atoms with E-state index in [2.05, 4.69) is 16.3 Å². The van der Waals surface area contributed by atoms with Gasteiger partial charge in [0.25, 0.3) is 5.91 Å². The van der Waals surface area contributed by atoms with Gasteiger partial charge in [-0.1, -0.05) is 35.9 Å². The summed E-state index contributed by atoms with van der Waals surface area (Å²) in [6.07, 6.45) is 5.46. The Morgan fingerprint density at radius 3 is 2.42 bits per heavy atom. The smallest absolute Gasteiger partial charge is 0.253 e. The number of anilines is 1. The van der Waals surface area contributed by atoms with E-state index < -0.39 is 5.60 Å². The highest BCUT2D eigenvalue weighted by molar-refractivity contribution is 6.30. The van der Waals surface area contributed by atoms with E-state index in [4.69, 9.17) is 26.4 Å². The van der Waals surface area contributed by atoms with Gasteiger partial charge >= 0.3 is 0 Å². The number of fused-ring (bicyclic) bond motifs is 1. The number of amides is 1. The zero-order valence-corrected chi connectivity index (χ0v) is 25.0. The fraction of sp³-hybridized carbons (Fsp3) is 0.424. The highest BCUT2D eigenvalue weighted by Crippen LogP contribution is 2.36. The molecule has 2 aromatic carbocycles. The molecule has 0 unspecified atom stereocenters. The average Bonchev–Trinajstić information content (AvgIpc) is 3.45. The number of hydrogen-bond donors (Lipinski definition) is 2.